The first kappa shape index (κ1) is 17.1. The van der Waals surface area contributed by atoms with Crippen molar-refractivity contribution >= 4 is 5.91 Å². The zero-order valence-electron chi connectivity index (χ0n) is 14.6. The van der Waals surface area contributed by atoms with E-state index in [0.29, 0.717) is 0 Å². The molecular formula is C20H25NO2. The van der Waals surface area contributed by atoms with Crippen molar-refractivity contribution in [2.75, 3.05) is 6.61 Å². The van der Waals surface area contributed by atoms with E-state index in [1.807, 2.05) is 32.9 Å². The van der Waals surface area contributed by atoms with E-state index in [4.69, 9.17) is 4.74 Å². The maximum Gasteiger partial charge on any atom is 0.258 e. The van der Waals surface area contributed by atoms with Crippen LogP contribution >= 0.6 is 0 Å². The molecular weight excluding hydrogens is 286 g/mol. The summed E-state index contributed by atoms with van der Waals surface area (Å²) in [6.07, 6.45) is 0. The fourth-order valence-electron chi connectivity index (χ4n) is 2.84. The van der Waals surface area contributed by atoms with Crippen LogP contribution in [0.25, 0.3) is 0 Å². The number of aryl methyl sites for hydroxylation is 4. The Labute approximate surface area is 138 Å². The summed E-state index contributed by atoms with van der Waals surface area (Å²) >= 11 is 0. The van der Waals surface area contributed by atoms with E-state index in [1.165, 1.54) is 11.1 Å². The van der Waals surface area contributed by atoms with Crippen LogP contribution in [-0.2, 0) is 4.79 Å². The lowest BCUT2D eigenvalue weighted by Crippen LogP contribution is -2.31. The van der Waals surface area contributed by atoms with Gasteiger partial charge in [0.1, 0.15) is 5.75 Å². The first-order valence-electron chi connectivity index (χ1n) is 7.93. The number of rotatable bonds is 5. The molecule has 0 radical (unpaired) electrons. The number of amides is 1. The van der Waals surface area contributed by atoms with Gasteiger partial charge in [-0.15, -0.1) is 0 Å². The third kappa shape index (κ3) is 4.85. The average Bonchev–Trinajstić information content (AvgIpc) is 2.44. The first-order chi connectivity index (χ1) is 10.8. The smallest absolute Gasteiger partial charge is 0.258 e. The molecule has 1 N–H and O–H groups in total. The van der Waals surface area contributed by atoms with Gasteiger partial charge in [0.2, 0.25) is 0 Å². The van der Waals surface area contributed by atoms with Crippen molar-refractivity contribution in [2.45, 2.75) is 40.7 Å². The molecule has 0 fully saturated rings. The summed E-state index contributed by atoms with van der Waals surface area (Å²) < 4.78 is 5.60. The summed E-state index contributed by atoms with van der Waals surface area (Å²) in [6, 6.07) is 12.2. The van der Waals surface area contributed by atoms with Crippen molar-refractivity contribution in [1.29, 1.82) is 0 Å². The molecule has 2 aromatic carbocycles. The van der Waals surface area contributed by atoms with Crippen LogP contribution < -0.4 is 10.1 Å². The molecule has 0 heterocycles. The van der Waals surface area contributed by atoms with Gasteiger partial charge in [0.15, 0.2) is 6.61 Å². The Bertz CT molecular complexity index is 687. The summed E-state index contributed by atoms with van der Waals surface area (Å²) in [6.45, 7) is 10.2. The molecule has 0 aromatic heterocycles. The van der Waals surface area contributed by atoms with Gasteiger partial charge in [-0.25, -0.2) is 0 Å². The molecule has 23 heavy (non-hydrogen) atoms. The van der Waals surface area contributed by atoms with E-state index < -0.39 is 0 Å². The highest BCUT2D eigenvalue weighted by Crippen LogP contribution is 2.19. The molecule has 0 saturated heterocycles. The summed E-state index contributed by atoms with van der Waals surface area (Å²) in [7, 11) is 0. The molecule has 1 atom stereocenters. The van der Waals surface area contributed by atoms with Crippen molar-refractivity contribution < 1.29 is 9.53 Å². The van der Waals surface area contributed by atoms with Crippen LogP contribution in [0.4, 0.5) is 0 Å². The minimum Gasteiger partial charge on any atom is -0.484 e. The van der Waals surface area contributed by atoms with Gasteiger partial charge in [-0.1, -0.05) is 29.8 Å². The van der Waals surface area contributed by atoms with E-state index in [-0.39, 0.29) is 18.6 Å². The second-order valence-electron chi connectivity index (χ2n) is 6.26. The highest BCUT2D eigenvalue weighted by molar-refractivity contribution is 5.78. The molecule has 3 heteroatoms. The Hall–Kier alpha value is -2.29. The van der Waals surface area contributed by atoms with Crippen LogP contribution in [0.1, 0.15) is 40.8 Å². The maximum absolute atomic E-state index is 12.1. The largest absolute Gasteiger partial charge is 0.484 e. The van der Waals surface area contributed by atoms with Crippen LogP contribution in [0, 0.1) is 27.7 Å². The van der Waals surface area contributed by atoms with Crippen molar-refractivity contribution in [3.05, 3.63) is 64.2 Å². The molecule has 3 nitrogen and oxygen atoms in total. The lowest BCUT2D eigenvalue weighted by atomic mass is 10.0. The molecule has 2 aromatic rings. The number of nitrogens with one attached hydrogen (secondary N) is 1. The van der Waals surface area contributed by atoms with Crippen LogP contribution in [0.2, 0.25) is 0 Å². The summed E-state index contributed by atoms with van der Waals surface area (Å²) in [5.74, 6) is 0.619. The molecule has 0 aliphatic heterocycles. The Balaban J connectivity index is 1.93. The number of benzene rings is 2. The monoisotopic (exact) mass is 311 g/mol. The average molecular weight is 311 g/mol. The van der Waals surface area contributed by atoms with E-state index in [2.05, 4.69) is 43.4 Å². The fraction of sp³-hybridized carbons (Fsp3) is 0.350. The standard InChI is InChI=1S/C20H25NO2/c1-13-6-7-19(16(4)9-13)17(5)21-20(22)12-23-18-10-14(2)8-15(3)11-18/h6-11,17H,12H2,1-5H3,(H,21,22)/t17-/m1/s1. The summed E-state index contributed by atoms with van der Waals surface area (Å²) in [4.78, 5) is 12.1. The Kier molecular flexibility index (Phi) is 5.43. The Morgan fingerprint density at radius 3 is 2.26 bits per heavy atom. The minimum absolute atomic E-state index is 0.0259. The molecule has 1 amide bonds. The van der Waals surface area contributed by atoms with Gasteiger partial charge in [0.25, 0.3) is 5.91 Å². The zero-order chi connectivity index (χ0) is 17.0. The normalized spacial score (nSPS) is 11.9. The molecule has 0 aliphatic carbocycles. The van der Waals surface area contributed by atoms with E-state index in [1.54, 1.807) is 0 Å². The lowest BCUT2D eigenvalue weighted by molar-refractivity contribution is -0.123. The first-order valence-corrected chi connectivity index (χ1v) is 7.93. The second-order valence-corrected chi connectivity index (χ2v) is 6.26. The highest BCUT2D eigenvalue weighted by atomic mass is 16.5. The van der Waals surface area contributed by atoms with Crippen molar-refractivity contribution in [3.63, 3.8) is 0 Å². The van der Waals surface area contributed by atoms with E-state index >= 15 is 0 Å². The second kappa shape index (κ2) is 7.32. The quantitative estimate of drug-likeness (QED) is 0.899. The van der Waals surface area contributed by atoms with Gasteiger partial charge in [-0.2, -0.15) is 0 Å². The number of ether oxygens (including phenoxy) is 1. The molecule has 122 valence electrons. The molecule has 0 aliphatic rings. The Morgan fingerprint density at radius 1 is 1.00 bits per heavy atom. The SMILES string of the molecule is Cc1cc(C)cc(OCC(=O)N[C@H](C)c2ccc(C)cc2C)c1. The topological polar surface area (TPSA) is 38.3 Å². The van der Waals surface area contributed by atoms with Gasteiger partial charge >= 0.3 is 0 Å². The molecule has 0 saturated carbocycles. The number of carbonyl (C=O) groups is 1. The highest BCUT2D eigenvalue weighted by Gasteiger charge is 2.12. The molecule has 0 unspecified atom stereocenters. The zero-order valence-corrected chi connectivity index (χ0v) is 14.6. The van der Waals surface area contributed by atoms with Crippen LogP contribution in [0.5, 0.6) is 5.75 Å². The van der Waals surface area contributed by atoms with Gasteiger partial charge in [0, 0.05) is 0 Å². The van der Waals surface area contributed by atoms with Gasteiger partial charge < -0.3 is 10.1 Å². The van der Waals surface area contributed by atoms with Gasteiger partial charge in [-0.05, 0) is 69.0 Å². The molecule has 0 bridgehead atoms. The van der Waals surface area contributed by atoms with Crippen molar-refractivity contribution in [3.8, 4) is 5.75 Å². The van der Waals surface area contributed by atoms with Gasteiger partial charge in [0.05, 0.1) is 6.04 Å². The van der Waals surface area contributed by atoms with Crippen molar-refractivity contribution in [2.24, 2.45) is 0 Å². The third-order valence-corrected chi connectivity index (χ3v) is 3.83. The third-order valence-electron chi connectivity index (χ3n) is 3.83. The number of carbonyl (C=O) groups excluding carboxylic acids is 1. The van der Waals surface area contributed by atoms with E-state index in [0.717, 1.165) is 22.4 Å². The van der Waals surface area contributed by atoms with Crippen molar-refractivity contribution in [1.82, 2.24) is 5.32 Å². The maximum atomic E-state index is 12.1. The number of hydrogen-bond acceptors (Lipinski definition) is 2. The summed E-state index contributed by atoms with van der Waals surface area (Å²) in [5, 5.41) is 2.99. The van der Waals surface area contributed by atoms with Gasteiger partial charge in [-0.3, -0.25) is 4.79 Å². The fourth-order valence-corrected chi connectivity index (χ4v) is 2.84. The molecule has 2 rings (SSSR count). The van der Waals surface area contributed by atoms with E-state index in [9.17, 15) is 4.79 Å². The number of hydrogen-bond donors (Lipinski definition) is 1. The predicted molar refractivity (Wildman–Crippen MR) is 93.9 cm³/mol. The predicted octanol–water partition coefficient (Wildman–Crippen LogP) is 4.18. The van der Waals surface area contributed by atoms with Crippen LogP contribution in [0.15, 0.2) is 36.4 Å². The summed E-state index contributed by atoms with van der Waals surface area (Å²) in [5.41, 5.74) is 5.81. The van der Waals surface area contributed by atoms with Crippen LogP contribution in [-0.4, -0.2) is 12.5 Å². The minimum atomic E-state index is -0.114. The molecule has 0 spiro atoms. The Morgan fingerprint density at radius 2 is 1.65 bits per heavy atom. The lowest BCUT2D eigenvalue weighted by Gasteiger charge is -2.17. The van der Waals surface area contributed by atoms with Crippen LogP contribution in [0.3, 0.4) is 0 Å².